The number of carbonyl (C=O) groups excluding carboxylic acids is 1. The van der Waals surface area contributed by atoms with Gasteiger partial charge in [0.1, 0.15) is 0 Å². The average Bonchev–Trinajstić information content (AvgIpc) is 3.27. The molecule has 1 aliphatic heterocycles. The third-order valence-electron chi connectivity index (χ3n) is 5.08. The molecule has 2 aromatic heterocycles. The largest absolute Gasteiger partial charge is 0.459 e. The number of aryl methyl sites for hydroxylation is 2. The highest BCUT2D eigenvalue weighted by atomic mass is 16.3. The number of aromatic nitrogens is 2. The molecule has 1 amide bonds. The van der Waals surface area contributed by atoms with Gasteiger partial charge in [0.15, 0.2) is 5.76 Å². The van der Waals surface area contributed by atoms with Crippen molar-refractivity contribution < 1.29 is 9.21 Å². The van der Waals surface area contributed by atoms with E-state index >= 15 is 0 Å². The van der Waals surface area contributed by atoms with Crippen LogP contribution in [0.15, 0.2) is 39.7 Å². The van der Waals surface area contributed by atoms with Crippen LogP contribution in [-0.2, 0) is 14.1 Å². The van der Waals surface area contributed by atoms with Crippen LogP contribution in [0.4, 0.5) is 11.4 Å². The Morgan fingerprint density at radius 2 is 1.77 bits per heavy atom. The van der Waals surface area contributed by atoms with Crippen molar-refractivity contribution in [2.45, 2.75) is 19.3 Å². The van der Waals surface area contributed by atoms with Gasteiger partial charge in [0, 0.05) is 27.2 Å². The van der Waals surface area contributed by atoms with E-state index in [4.69, 9.17) is 4.42 Å². The number of piperidine rings is 1. The summed E-state index contributed by atoms with van der Waals surface area (Å²) in [6, 6.07) is 7.19. The molecule has 0 saturated carbocycles. The van der Waals surface area contributed by atoms with E-state index in [1.807, 2.05) is 12.1 Å². The molecule has 0 radical (unpaired) electrons. The second-order valence-corrected chi connectivity index (χ2v) is 6.74. The fraction of sp³-hybridized carbons (Fsp3) is 0.368. The maximum absolute atomic E-state index is 12.5. The first-order chi connectivity index (χ1) is 12.6. The monoisotopic (exact) mass is 354 g/mol. The summed E-state index contributed by atoms with van der Waals surface area (Å²) in [6.45, 7) is 1.88. The van der Waals surface area contributed by atoms with Crippen LogP contribution < -0.4 is 15.9 Å². The number of fused-ring (bicyclic) bond motifs is 1. The van der Waals surface area contributed by atoms with Gasteiger partial charge in [0.25, 0.3) is 5.91 Å². The summed E-state index contributed by atoms with van der Waals surface area (Å²) in [6.07, 6.45) is 4.94. The zero-order chi connectivity index (χ0) is 18.3. The van der Waals surface area contributed by atoms with Crippen LogP contribution in [-0.4, -0.2) is 28.1 Å². The molecule has 0 bridgehead atoms. The minimum atomic E-state index is -0.298. The molecule has 1 saturated heterocycles. The maximum atomic E-state index is 12.5. The Morgan fingerprint density at radius 3 is 2.42 bits per heavy atom. The number of benzene rings is 1. The SMILES string of the molecule is Cn1c(=O)n(C)c2cc(N3CCCCC3)c(NC(=O)c3ccco3)cc21. The zero-order valence-corrected chi connectivity index (χ0v) is 15.0. The standard InChI is InChI=1S/C19H22N4O3/c1-21-15-11-13(20-18(24)17-7-6-10-26-17)14(23-8-4-3-5-9-23)12-16(15)22(2)19(21)25/h6-7,10-12H,3-5,8-9H2,1-2H3,(H,20,24). The van der Waals surface area contributed by atoms with Crippen molar-refractivity contribution in [3.05, 3.63) is 46.8 Å². The van der Waals surface area contributed by atoms with Crippen molar-refractivity contribution in [2.75, 3.05) is 23.3 Å². The van der Waals surface area contributed by atoms with Crippen LogP contribution in [0.3, 0.4) is 0 Å². The summed E-state index contributed by atoms with van der Waals surface area (Å²) >= 11 is 0. The summed E-state index contributed by atoms with van der Waals surface area (Å²) in [5.74, 6) is -0.0369. The van der Waals surface area contributed by atoms with Gasteiger partial charge in [-0.2, -0.15) is 0 Å². The van der Waals surface area contributed by atoms with Crippen LogP contribution in [0.1, 0.15) is 29.8 Å². The Morgan fingerprint density at radius 1 is 1.08 bits per heavy atom. The van der Waals surface area contributed by atoms with E-state index in [1.165, 1.54) is 12.7 Å². The lowest BCUT2D eigenvalue weighted by atomic mass is 10.1. The first kappa shape index (κ1) is 16.5. The third kappa shape index (κ3) is 2.69. The number of carbonyl (C=O) groups is 1. The summed E-state index contributed by atoms with van der Waals surface area (Å²) < 4.78 is 8.44. The number of hydrogen-bond donors (Lipinski definition) is 1. The first-order valence-corrected chi connectivity index (χ1v) is 8.85. The fourth-order valence-corrected chi connectivity index (χ4v) is 3.62. The molecule has 3 heterocycles. The molecule has 0 atom stereocenters. The second kappa shape index (κ2) is 6.40. The maximum Gasteiger partial charge on any atom is 0.328 e. The number of nitrogens with one attached hydrogen (secondary N) is 1. The van der Waals surface area contributed by atoms with E-state index in [1.54, 1.807) is 35.4 Å². The highest BCUT2D eigenvalue weighted by Gasteiger charge is 2.20. The highest BCUT2D eigenvalue weighted by Crippen LogP contribution is 2.33. The number of anilines is 2. The Hall–Kier alpha value is -2.96. The molecule has 0 unspecified atom stereocenters. The minimum Gasteiger partial charge on any atom is -0.459 e. The summed E-state index contributed by atoms with van der Waals surface area (Å²) in [5, 5.41) is 2.96. The molecule has 0 spiro atoms. The van der Waals surface area contributed by atoms with Crippen molar-refractivity contribution in [1.82, 2.24) is 9.13 Å². The van der Waals surface area contributed by atoms with Gasteiger partial charge in [0.2, 0.25) is 0 Å². The van der Waals surface area contributed by atoms with Crippen molar-refractivity contribution in [2.24, 2.45) is 14.1 Å². The summed E-state index contributed by atoms with van der Waals surface area (Å²) in [4.78, 5) is 27.1. The van der Waals surface area contributed by atoms with E-state index in [0.717, 1.165) is 42.7 Å². The Bertz CT molecular complexity index is 1010. The Kier molecular flexibility index (Phi) is 4.06. The number of rotatable bonds is 3. The van der Waals surface area contributed by atoms with Crippen molar-refractivity contribution in [3.63, 3.8) is 0 Å². The second-order valence-electron chi connectivity index (χ2n) is 6.74. The van der Waals surface area contributed by atoms with Crippen LogP contribution in [0.5, 0.6) is 0 Å². The molecule has 7 heteroatoms. The molecule has 4 rings (SSSR count). The van der Waals surface area contributed by atoms with Crippen LogP contribution >= 0.6 is 0 Å². The first-order valence-electron chi connectivity index (χ1n) is 8.85. The molecule has 0 aliphatic carbocycles. The van der Waals surface area contributed by atoms with Gasteiger partial charge in [-0.25, -0.2) is 4.79 Å². The van der Waals surface area contributed by atoms with Gasteiger partial charge >= 0.3 is 5.69 Å². The quantitative estimate of drug-likeness (QED) is 0.785. The smallest absolute Gasteiger partial charge is 0.328 e. The molecular formula is C19H22N4O3. The number of nitrogens with zero attached hydrogens (tertiary/aromatic N) is 3. The minimum absolute atomic E-state index is 0.0842. The fourth-order valence-electron chi connectivity index (χ4n) is 3.62. The van der Waals surface area contributed by atoms with Gasteiger partial charge in [-0.05, 0) is 43.5 Å². The summed E-state index contributed by atoms with van der Waals surface area (Å²) in [7, 11) is 3.51. The van der Waals surface area contributed by atoms with E-state index < -0.39 is 0 Å². The predicted octanol–water partition coefficient (Wildman–Crippen LogP) is 2.71. The lowest BCUT2D eigenvalue weighted by molar-refractivity contribution is 0.0996. The number of imidazole rings is 1. The topological polar surface area (TPSA) is 72.4 Å². The van der Waals surface area contributed by atoms with E-state index in [9.17, 15) is 9.59 Å². The average molecular weight is 354 g/mol. The van der Waals surface area contributed by atoms with E-state index in [-0.39, 0.29) is 17.4 Å². The van der Waals surface area contributed by atoms with E-state index in [0.29, 0.717) is 5.69 Å². The summed E-state index contributed by atoms with van der Waals surface area (Å²) in [5.41, 5.74) is 3.20. The van der Waals surface area contributed by atoms with Crippen molar-refractivity contribution >= 4 is 28.3 Å². The molecule has 26 heavy (non-hydrogen) atoms. The van der Waals surface area contributed by atoms with Gasteiger partial charge in [0.05, 0.1) is 28.7 Å². The van der Waals surface area contributed by atoms with Crippen molar-refractivity contribution in [3.8, 4) is 0 Å². The Labute approximate surface area is 150 Å². The molecular weight excluding hydrogens is 332 g/mol. The molecule has 1 fully saturated rings. The van der Waals surface area contributed by atoms with Crippen molar-refractivity contribution in [1.29, 1.82) is 0 Å². The van der Waals surface area contributed by atoms with Gasteiger partial charge in [-0.1, -0.05) is 0 Å². The normalized spacial score (nSPS) is 14.8. The third-order valence-corrected chi connectivity index (χ3v) is 5.08. The number of amides is 1. The molecule has 136 valence electrons. The highest BCUT2D eigenvalue weighted by molar-refractivity contribution is 6.05. The van der Waals surface area contributed by atoms with Crippen LogP contribution in [0, 0.1) is 0 Å². The van der Waals surface area contributed by atoms with E-state index in [2.05, 4.69) is 10.2 Å². The molecule has 1 N–H and O–H groups in total. The van der Waals surface area contributed by atoms with Gasteiger partial charge < -0.3 is 14.6 Å². The lowest BCUT2D eigenvalue weighted by Crippen LogP contribution is -2.30. The van der Waals surface area contributed by atoms with Crippen LogP contribution in [0.25, 0.3) is 11.0 Å². The lowest BCUT2D eigenvalue weighted by Gasteiger charge is -2.30. The molecule has 7 nitrogen and oxygen atoms in total. The molecule has 3 aromatic rings. The van der Waals surface area contributed by atoms with Gasteiger partial charge in [-0.15, -0.1) is 0 Å². The van der Waals surface area contributed by atoms with Gasteiger partial charge in [-0.3, -0.25) is 13.9 Å². The predicted molar refractivity (Wildman–Crippen MR) is 101 cm³/mol. The van der Waals surface area contributed by atoms with Crippen LogP contribution in [0.2, 0.25) is 0 Å². The zero-order valence-electron chi connectivity index (χ0n) is 15.0. The Balaban J connectivity index is 1.83. The molecule has 1 aliphatic rings. The molecule has 1 aromatic carbocycles. The number of hydrogen-bond acceptors (Lipinski definition) is 4. The number of furan rings is 1.